The fourth-order valence-electron chi connectivity index (χ4n) is 0.323. The maximum absolute atomic E-state index is 11.9. The van der Waals surface area contributed by atoms with Crippen molar-refractivity contribution < 1.29 is 32.5 Å². The molecule has 1 atom stereocenters. The van der Waals surface area contributed by atoms with Crippen molar-refractivity contribution in [3.8, 4) is 0 Å². The van der Waals surface area contributed by atoms with Crippen molar-refractivity contribution in [2.24, 2.45) is 0 Å². The van der Waals surface area contributed by atoms with Crippen LogP contribution in [0.15, 0.2) is 0 Å². The lowest BCUT2D eigenvalue weighted by atomic mass is 10.4. The predicted molar refractivity (Wildman–Crippen MR) is 30.0 cm³/mol. The molecule has 0 aliphatic rings. The van der Waals surface area contributed by atoms with Crippen LogP contribution in [0.2, 0.25) is 0 Å². The largest absolute Gasteiger partial charge is 0.416 e. The number of hydrogen-bond donors (Lipinski definition) is 2. The van der Waals surface area contributed by atoms with Crippen molar-refractivity contribution >= 4 is 0 Å². The molecule has 0 fully saturated rings. The highest BCUT2D eigenvalue weighted by molar-refractivity contribution is 4.58. The normalized spacial score (nSPS) is 15.2. The second-order valence-electron chi connectivity index (χ2n) is 2.01. The highest BCUT2D eigenvalue weighted by Crippen LogP contribution is 2.23. The van der Waals surface area contributed by atoms with Crippen LogP contribution >= 0.6 is 0 Å². The summed E-state index contributed by atoms with van der Waals surface area (Å²) in [6.45, 7) is -1.85. The van der Waals surface area contributed by atoms with Crippen molar-refractivity contribution in [3.63, 3.8) is 0 Å². The first-order chi connectivity index (χ1) is 5.40. The van der Waals surface area contributed by atoms with Crippen molar-refractivity contribution in [2.75, 3.05) is 13.2 Å². The Balaban J connectivity index is 3.75. The number of hydrogen-bond acceptors (Lipinski definition) is 3. The molecule has 2 N–H and O–H groups in total. The SMILES string of the molecule is OCC(O)COC(F)(F)C(F)F. The minimum Gasteiger partial charge on any atom is -0.394 e. The van der Waals surface area contributed by atoms with Crippen molar-refractivity contribution in [2.45, 2.75) is 18.6 Å². The fourth-order valence-corrected chi connectivity index (χ4v) is 0.323. The number of alkyl halides is 4. The molecule has 0 rings (SSSR count). The van der Waals surface area contributed by atoms with E-state index in [0.29, 0.717) is 0 Å². The van der Waals surface area contributed by atoms with E-state index >= 15 is 0 Å². The number of halogens is 4. The first-order valence-corrected chi connectivity index (χ1v) is 2.99. The van der Waals surface area contributed by atoms with Crippen molar-refractivity contribution in [1.29, 1.82) is 0 Å². The van der Waals surface area contributed by atoms with Crippen LogP contribution in [-0.4, -0.2) is 42.1 Å². The van der Waals surface area contributed by atoms with E-state index < -0.39 is 31.9 Å². The third-order valence-electron chi connectivity index (χ3n) is 0.933. The molecule has 0 aliphatic carbocycles. The average molecular weight is 192 g/mol. The van der Waals surface area contributed by atoms with Crippen LogP contribution in [0.25, 0.3) is 0 Å². The van der Waals surface area contributed by atoms with E-state index in [9.17, 15) is 17.6 Å². The maximum atomic E-state index is 11.9. The third-order valence-corrected chi connectivity index (χ3v) is 0.933. The Bertz CT molecular complexity index is 130. The van der Waals surface area contributed by atoms with E-state index in [1.165, 1.54) is 0 Å². The zero-order chi connectivity index (χ0) is 9.78. The fraction of sp³-hybridized carbons (Fsp3) is 1.00. The Labute approximate surface area is 65.6 Å². The first kappa shape index (κ1) is 11.6. The molecule has 1 unspecified atom stereocenters. The lowest BCUT2D eigenvalue weighted by Gasteiger charge is -2.16. The molecule has 0 saturated heterocycles. The molecule has 0 spiro atoms. The minimum absolute atomic E-state index is 0.820. The van der Waals surface area contributed by atoms with Crippen molar-refractivity contribution in [1.82, 2.24) is 0 Å². The molecule has 0 radical (unpaired) electrons. The Morgan fingerprint density at radius 2 is 1.83 bits per heavy atom. The van der Waals surface area contributed by atoms with Crippen molar-refractivity contribution in [3.05, 3.63) is 0 Å². The second-order valence-corrected chi connectivity index (χ2v) is 2.01. The summed E-state index contributed by atoms with van der Waals surface area (Å²) in [6, 6.07) is 0. The minimum atomic E-state index is -4.57. The molecule has 3 nitrogen and oxygen atoms in total. The van der Waals surface area contributed by atoms with Crippen LogP contribution in [-0.2, 0) is 4.74 Å². The Morgan fingerprint density at radius 1 is 1.33 bits per heavy atom. The van der Waals surface area contributed by atoms with Gasteiger partial charge in [-0.15, -0.1) is 0 Å². The van der Waals surface area contributed by atoms with Gasteiger partial charge in [-0.05, 0) is 0 Å². The van der Waals surface area contributed by atoms with Gasteiger partial charge in [0.15, 0.2) is 0 Å². The maximum Gasteiger partial charge on any atom is 0.416 e. The standard InChI is InChI=1S/C5H8F4O3/c6-4(7)5(8,9)12-2-3(11)1-10/h3-4,10-11H,1-2H2. The second kappa shape index (κ2) is 4.58. The van der Waals surface area contributed by atoms with Crippen LogP contribution in [0.3, 0.4) is 0 Å². The molecular formula is C5H8F4O3. The predicted octanol–water partition coefficient (Wildman–Crippen LogP) is 0.214. The molecule has 0 amide bonds. The van der Waals surface area contributed by atoms with Gasteiger partial charge in [0.1, 0.15) is 6.10 Å². The van der Waals surface area contributed by atoms with E-state index in [1.807, 2.05) is 0 Å². The van der Waals surface area contributed by atoms with Gasteiger partial charge in [0, 0.05) is 0 Å². The van der Waals surface area contributed by atoms with Gasteiger partial charge in [-0.1, -0.05) is 0 Å². The number of aliphatic hydroxyl groups excluding tert-OH is 2. The molecule has 74 valence electrons. The van der Waals surface area contributed by atoms with Crippen LogP contribution in [0.5, 0.6) is 0 Å². The van der Waals surface area contributed by atoms with E-state index in [0.717, 1.165) is 0 Å². The summed E-state index contributed by atoms with van der Waals surface area (Å²) in [5.41, 5.74) is 0. The average Bonchev–Trinajstić information content (AvgIpc) is 2.00. The molecule has 0 bridgehead atoms. The van der Waals surface area contributed by atoms with Gasteiger partial charge in [-0.3, -0.25) is 0 Å². The Morgan fingerprint density at radius 3 is 2.17 bits per heavy atom. The topological polar surface area (TPSA) is 49.7 Å². The summed E-state index contributed by atoms with van der Waals surface area (Å²) < 4.78 is 49.8. The van der Waals surface area contributed by atoms with Crippen LogP contribution in [0, 0.1) is 0 Å². The quantitative estimate of drug-likeness (QED) is 0.612. The van der Waals surface area contributed by atoms with Gasteiger partial charge < -0.3 is 14.9 Å². The zero-order valence-electron chi connectivity index (χ0n) is 5.88. The number of rotatable bonds is 5. The first-order valence-electron chi connectivity index (χ1n) is 2.99. The zero-order valence-corrected chi connectivity index (χ0v) is 5.88. The van der Waals surface area contributed by atoms with Gasteiger partial charge in [-0.25, -0.2) is 8.78 Å². The molecular weight excluding hydrogens is 184 g/mol. The molecule has 0 aliphatic heterocycles. The summed E-state index contributed by atoms with van der Waals surface area (Å²) in [6.07, 6.45) is -10.1. The van der Waals surface area contributed by atoms with Crippen LogP contribution < -0.4 is 0 Å². The summed E-state index contributed by atoms with van der Waals surface area (Å²) in [7, 11) is 0. The molecule has 0 aromatic heterocycles. The van der Waals surface area contributed by atoms with E-state index in [2.05, 4.69) is 4.74 Å². The van der Waals surface area contributed by atoms with E-state index in [1.54, 1.807) is 0 Å². The summed E-state index contributed by atoms with van der Waals surface area (Å²) in [5, 5.41) is 16.6. The number of aliphatic hydroxyl groups is 2. The third kappa shape index (κ3) is 3.84. The smallest absolute Gasteiger partial charge is 0.394 e. The van der Waals surface area contributed by atoms with Gasteiger partial charge >= 0.3 is 12.5 Å². The Hall–Kier alpha value is -0.400. The summed E-state index contributed by atoms with van der Waals surface area (Å²) in [4.78, 5) is 0. The molecule has 0 saturated carbocycles. The van der Waals surface area contributed by atoms with Gasteiger partial charge in [0.05, 0.1) is 13.2 Å². The van der Waals surface area contributed by atoms with Gasteiger partial charge in [0.2, 0.25) is 0 Å². The molecule has 12 heavy (non-hydrogen) atoms. The lowest BCUT2D eigenvalue weighted by Crippen LogP contribution is -2.34. The highest BCUT2D eigenvalue weighted by Gasteiger charge is 2.42. The summed E-state index contributed by atoms with van der Waals surface area (Å²) in [5.74, 6) is 0. The lowest BCUT2D eigenvalue weighted by molar-refractivity contribution is -0.307. The van der Waals surface area contributed by atoms with Gasteiger partial charge in [-0.2, -0.15) is 8.78 Å². The highest BCUT2D eigenvalue weighted by atomic mass is 19.3. The van der Waals surface area contributed by atoms with E-state index in [-0.39, 0.29) is 0 Å². The number of ether oxygens (including phenoxy) is 1. The molecule has 0 aromatic carbocycles. The molecule has 0 heterocycles. The van der Waals surface area contributed by atoms with E-state index in [4.69, 9.17) is 10.2 Å². The summed E-state index contributed by atoms with van der Waals surface area (Å²) >= 11 is 0. The van der Waals surface area contributed by atoms with Crippen LogP contribution in [0.1, 0.15) is 0 Å². The van der Waals surface area contributed by atoms with Gasteiger partial charge in [0.25, 0.3) is 0 Å². The monoisotopic (exact) mass is 192 g/mol. The molecule has 7 heteroatoms. The van der Waals surface area contributed by atoms with Crippen LogP contribution in [0.4, 0.5) is 17.6 Å². The molecule has 0 aromatic rings. The Kier molecular flexibility index (Phi) is 4.43.